The highest BCUT2D eigenvalue weighted by atomic mass is 19.1. The van der Waals surface area contributed by atoms with Crippen molar-refractivity contribution < 1.29 is 27.8 Å². The Hall–Kier alpha value is -2.76. The minimum Gasteiger partial charge on any atom is -0.469 e. The van der Waals surface area contributed by atoms with Crippen LogP contribution in [0.1, 0.15) is 35.8 Å². The molecule has 4 unspecified atom stereocenters. The predicted molar refractivity (Wildman–Crippen MR) is 98.5 cm³/mol. The van der Waals surface area contributed by atoms with Crippen LogP contribution in [0.15, 0.2) is 48.5 Å². The molecule has 4 nitrogen and oxygen atoms in total. The lowest BCUT2D eigenvalue weighted by molar-refractivity contribution is -0.143. The van der Waals surface area contributed by atoms with Crippen LogP contribution in [0.5, 0.6) is 0 Å². The van der Waals surface area contributed by atoms with Gasteiger partial charge >= 0.3 is 11.9 Å². The molecule has 2 aromatic carbocycles. The maximum atomic E-state index is 12.8. The quantitative estimate of drug-likeness (QED) is 0.737. The molecule has 4 rings (SSSR count). The number of halogens is 2. The molecule has 2 aliphatic rings. The van der Waals surface area contributed by atoms with Gasteiger partial charge < -0.3 is 9.47 Å². The zero-order chi connectivity index (χ0) is 20.3. The second-order valence-electron chi connectivity index (χ2n) is 7.05. The van der Waals surface area contributed by atoms with E-state index in [4.69, 9.17) is 0 Å². The van der Waals surface area contributed by atoms with Crippen LogP contribution in [-0.2, 0) is 19.1 Å². The van der Waals surface area contributed by atoms with Crippen LogP contribution in [-0.4, -0.2) is 26.2 Å². The lowest BCUT2D eigenvalue weighted by atomic mass is 10.1. The monoisotopic (exact) mass is 388 g/mol. The number of methoxy groups -OCH3 is 2. The SMILES string of the molecule is COC(=O)C1CC1c1cccc(F)c1.COC(=O)C1CC1c1cccc(F)c1. The molecular formula is C22H22F2O4. The summed E-state index contributed by atoms with van der Waals surface area (Å²) in [4.78, 5) is 22.3. The highest BCUT2D eigenvalue weighted by Crippen LogP contribution is 2.48. The van der Waals surface area contributed by atoms with Crippen molar-refractivity contribution in [3.63, 3.8) is 0 Å². The first-order chi connectivity index (χ1) is 13.4. The zero-order valence-corrected chi connectivity index (χ0v) is 15.7. The zero-order valence-electron chi connectivity index (χ0n) is 15.7. The fraction of sp³-hybridized carbons (Fsp3) is 0.364. The Morgan fingerprint density at radius 2 is 1.18 bits per heavy atom. The van der Waals surface area contributed by atoms with Crippen molar-refractivity contribution in [3.05, 3.63) is 71.3 Å². The summed E-state index contributed by atoms with van der Waals surface area (Å²) in [7, 11) is 2.76. The van der Waals surface area contributed by atoms with Crippen LogP contribution in [0.4, 0.5) is 8.78 Å². The van der Waals surface area contributed by atoms with Gasteiger partial charge in [0.1, 0.15) is 11.6 Å². The van der Waals surface area contributed by atoms with E-state index >= 15 is 0 Å². The lowest BCUT2D eigenvalue weighted by Crippen LogP contribution is -2.03. The van der Waals surface area contributed by atoms with Crippen molar-refractivity contribution in [1.29, 1.82) is 0 Å². The van der Waals surface area contributed by atoms with E-state index in [1.807, 2.05) is 12.1 Å². The Kier molecular flexibility index (Phi) is 6.07. The van der Waals surface area contributed by atoms with Crippen molar-refractivity contribution in [1.82, 2.24) is 0 Å². The lowest BCUT2D eigenvalue weighted by Gasteiger charge is -1.99. The maximum Gasteiger partial charge on any atom is 0.309 e. The van der Waals surface area contributed by atoms with Gasteiger partial charge in [0.25, 0.3) is 0 Å². The molecule has 0 saturated heterocycles. The molecule has 0 N–H and O–H groups in total. The number of rotatable bonds is 4. The van der Waals surface area contributed by atoms with E-state index in [0.29, 0.717) is 0 Å². The van der Waals surface area contributed by atoms with Crippen LogP contribution in [0.2, 0.25) is 0 Å². The first-order valence-electron chi connectivity index (χ1n) is 9.11. The molecule has 6 heteroatoms. The van der Waals surface area contributed by atoms with Crippen molar-refractivity contribution in [2.75, 3.05) is 14.2 Å². The number of carbonyl (C=O) groups is 2. The van der Waals surface area contributed by atoms with Crippen molar-refractivity contribution in [3.8, 4) is 0 Å². The maximum absolute atomic E-state index is 12.8. The summed E-state index contributed by atoms with van der Waals surface area (Å²) in [5.74, 6) is -0.727. The molecule has 148 valence electrons. The average molecular weight is 388 g/mol. The van der Waals surface area contributed by atoms with Gasteiger partial charge in [-0.25, -0.2) is 8.78 Å². The molecule has 0 radical (unpaired) electrons. The van der Waals surface area contributed by atoms with Gasteiger partial charge in [-0.05, 0) is 60.1 Å². The minimum atomic E-state index is -0.252. The van der Waals surface area contributed by atoms with E-state index in [-0.39, 0.29) is 47.2 Å². The van der Waals surface area contributed by atoms with Crippen molar-refractivity contribution in [2.45, 2.75) is 24.7 Å². The van der Waals surface area contributed by atoms with E-state index in [2.05, 4.69) is 9.47 Å². The number of esters is 2. The third-order valence-electron chi connectivity index (χ3n) is 5.14. The molecule has 0 amide bonds. The Morgan fingerprint density at radius 3 is 1.50 bits per heavy atom. The molecule has 0 spiro atoms. The van der Waals surface area contributed by atoms with Gasteiger partial charge in [0, 0.05) is 0 Å². The summed E-state index contributed by atoms with van der Waals surface area (Å²) >= 11 is 0. The smallest absolute Gasteiger partial charge is 0.309 e. The number of benzene rings is 2. The van der Waals surface area contributed by atoms with E-state index in [1.54, 1.807) is 12.1 Å². The van der Waals surface area contributed by atoms with Gasteiger partial charge in [-0.2, -0.15) is 0 Å². The topological polar surface area (TPSA) is 52.6 Å². The third kappa shape index (κ3) is 4.74. The molecular weight excluding hydrogens is 366 g/mol. The molecule has 0 aromatic heterocycles. The summed E-state index contributed by atoms with van der Waals surface area (Å²) < 4.78 is 34.9. The average Bonchev–Trinajstić information content (AvgIpc) is 3.60. The summed E-state index contributed by atoms with van der Waals surface area (Å²) in [6.45, 7) is 0. The molecule has 0 aliphatic heterocycles. The Morgan fingerprint density at radius 1 is 0.786 bits per heavy atom. The standard InChI is InChI=1S/2C11H11FO2/c2*1-14-11(13)10-6-9(10)7-3-2-4-8(12)5-7/h2*2-5,9-10H,6H2,1H3. The largest absolute Gasteiger partial charge is 0.469 e. The summed E-state index contributed by atoms with van der Waals surface area (Å²) in [5, 5.41) is 0. The fourth-order valence-electron chi connectivity index (χ4n) is 3.42. The first-order valence-corrected chi connectivity index (χ1v) is 9.11. The Bertz CT molecular complexity index is 796. The minimum absolute atomic E-state index is 0.0678. The van der Waals surface area contributed by atoms with E-state index < -0.39 is 0 Å². The van der Waals surface area contributed by atoms with Crippen LogP contribution in [0.3, 0.4) is 0 Å². The number of hydrogen-bond donors (Lipinski definition) is 0. The summed E-state index contributed by atoms with van der Waals surface area (Å²) in [6, 6.07) is 12.8. The van der Waals surface area contributed by atoms with Gasteiger partial charge in [0.2, 0.25) is 0 Å². The third-order valence-corrected chi connectivity index (χ3v) is 5.14. The van der Waals surface area contributed by atoms with Crippen LogP contribution < -0.4 is 0 Å². The second kappa shape index (κ2) is 8.50. The first kappa shape index (κ1) is 20.0. The van der Waals surface area contributed by atoms with E-state index in [9.17, 15) is 18.4 Å². The number of carbonyl (C=O) groups excluding carboxylic acids is 2. The highest BCUT2D eigenvalue weighted by molar-refractivity contribution is 5.77. The summed E-state index contributed by atoms with van der Waals surface area (Å²) in [6.07, 6.45) is 1.55. The Labute approximate surface area is 162 Å². The van der Waals surface area contributed by atoms with Crippen molar-refractivity contribution in [2.24, 2.45) is 11.8 Å². The van der Waals surface area contributed by atoms with Gasteiger partial charge in [-0.3, -0.25) is 9.59 Å². The van der Waals surface area contributed by atoms with Gasteiger partial charge in [0.05, 0.1) is 26.1 Å². The molecule has 0 bridgehead atoms. The molecule has 0 heterocycles. The molecule has 28 heavy (non-hydrogen) atoms. The number of hydrogen-bond acceptors (Lipinski definition) is 4. The second-order valence-corrected chi connectivity index (χ2v) is 7.05. The highest BCUT2D eigenvalue weighted by Gasteiger charge is 2.45. The molecule has 2 saturated carbocycles. The van der Waals surface area contributed by atoms with Crippen LogP contribution >= 0.6 is 0 Å². The van der Waals surface area contributed by atoms with Gasteiger partial charge in [-0.1, -0.05) is 24.3 Å². The Balaban J connectivity index is 0.000000161. The molecule has 2 fully saturated rings. The van der Waals surface area contributed by atoms with Crippen molar-refractivity contribution >= 4 is 11.9 Å². The molecule has 2 aliphatic carbocycles. The van der Waals surface area contributed by atoms with Gasteiger partial charge in [-0.15, -0.1) is 0 Å². The predicted octanol–water partition coefficient (Wildman–Crippen LogP) is 4.20. The molecule has 2 aromatic rings. The van der Waals surface area contributed by atoms with E-state index in [0.717, 1.165) is 24.0 Å². The van der Waals surface area contributed by atoms with Gasteiger partial charge in [0.15, 0.2) is 0 Å². The molecule has 4 atom stereocenters. The van der Waals surface area contributed by atoms with Crippen LogP contribution in [0, 0.1) is 23.5 Å². The van der Waals surface area contributed by atoms with Crippen LogP contribution in [0.25, 0.3) is 0 Å². The number of ether oxygens (including phenoxy) is 2. The normalized spacial score (nSPS) is 24.4. The summed E-state index contributed by atoms with van der Waals surface area (Å²) in [5.41, 5.74) is 1.78. The van der Waals surface area contributed by atoms with E-state index in [1.165, 1.54) is 38.5 Å². The fourth-order valence-corrected chi connectivity index (χ4v) is 3.42.